The van der Waals surface area contributed by atoms with Crippen LogP contribution in [0.5, 0.6) is 11.6 Å². The van der Waals surface area contributed by atoms with Gasteiger partial charge in [-0.25, -0.2) is 4.98 Å². The monoisotopic (exact) mass is 316 g/mol. The molecule has 1 heterocycles. The van der Waals surface area contributed by atoms with E-state index in [1.165, 1.54) is 0 Å². The Kier molecular flexibility index (Phi) is 4.88. The first-order chi connectivity index (χ1) is 9.11. The fraction of sp³-hybridized carbons (Fsp3) is 0.154. The summed E-state index contributed by atoms with van der Waals surface area (Å²) in [7, 11) is 1.85. The van der Waals surface area contributed by atoms with Crippen LogP contribution in [0.1, 0.15) is 5.56 Å². The molecule has 0 aliphatic rings. The van der Waals surface area contributed by atoms with Gasteiger partial charge < -0.3 is 10.1 Å². The number of benzene rings is 1. The highest BCUT2D eigenvalue weighted by Crippen LogP contribution is 2.36. The molecule has 2 rings (SSSR count). The molecule has 1 aromatic heterocycles. The average molecular weight is 318 g/mol. The van der Waals surface area contributed by atoms with Gasteiger partial charge in [-0.1, -0.05) is 40.9 Å². The van der Waals surface area contributed by atoms with Crippen LogP contribution in [0.3, 0.4) is 0 Å². The molecule has 0 saturated heterocycles. The molecule has 19 heavy (non-hydrogen) atoms. The first-order valence-electron chi connectivity index (χ1n) is 5.52. The molecular weight excluding hydrogens is 307 g/mol. The fourth-order valence-corrected chi connectivity index (χ4v) is 2.10. The number of halogens is 3. The predicted molar refractivity (Wildman–Crippen MR) is 78.5 cm³/mol. The topological polar surface area (TPSA) is 34.2 Å². The van der Waals surface area contributed by atoms with E-state index < -0.39 is 0 Å². The van der Waals surface area contributed by atoms with Crippen molar-refractivity contribution in [2.45, 2.75) is 6.54 Å². The largest absolute Gasteiger partial charge is 0.437 e. The van der Waals surface area contributed by atoms with E-state index >= 15 is 0 Å². The molecule has 0 atom stereocenters. The Morgan fingerprint density at radius 2 is 1.89 bits per heavy atom. The standard InChI is InChI=1S/C13H11Cl3N2O/c1-17-7-8-3-2-4-18-13(8)19-12-6-10(15)9(14)5-11(12)16/h2-6,17H,7H2,1H3. The lowest BCUT2D eigenvalue weighted by Gasteiger charge is -2.11. The Hall–Kier alpha value is -1.000. The molecule has 0 amide bonds. The number of aromatic nitrogens is 1. The van der Waals surface area contributed by atoms with E-state index in [0.29, 0.717) is 33.2 Å². The van der Waals surface area contributed by atoms with Gasteiger partial charge in [0.25, 0.3) is 0 Å². The Labute approximate surface area is 126 Å². The molecule has 1 aromatic carbocycles. The minimum Gasteiger partial charge on any atom is -0.437 e. The number of nitrogens with zero attached hydrogens (tertiary/aromatic N) is 1. The zero-order valence-electron chi connectivity index (χ0n) is 10.1. The molecule has 1 N–H and O–H groups in total. The molecule has 0 fully saturated rings. The minimum absolute atomic E-state index is 0.382. The van der Waals surface area contributed by atoms with Gasteiger partial charge in [-0.15, -0.1) is 0 Å². The Bertz CT molecular complexity index is 590. The molecule has 3 nitrogen and oxygen atoms in total. The third-order valence-electron chi connectivity index (χ3n) is 2.40. The van der Waals surface area contributed by atoms with Crippen molar-refractivity contribution in [3.05, 3.63) is 51.1 Å². The first kappa shape index (κ1) is 14.4. The van der Waals surface area contributed by atoms with Gasteiger partial charge in [0.1, 0.15) is 5.75 Å². The normalized spacial score (nSPS) is 10.5. The van der Waals surface area contributed by atoms with Gasteiger partial charge in [-0.05, 0) is 19.2 Å². The van der Waals surface area contributed by atoms with Crippen molar-refractivity contribution in [1.82, 2.24) is 10.3 Å². The van der Waals surface area contributed by atoms with E-state index in [9.17, 15) is 0 Å². The van der Waals surface area contributed by atoms with Crippen LogP contribution in [0.4, 0.5) is 0 Å². The summed E-state index contributed by atoms with van der Waals surface area (Å²) in [4.78, 5) is 4.19. The Balaban J connectivity index is 2.33. The van der Waals surface area contributed by atoms with Crippen molar-refractivity contribution in [3.63, 3.8) is 0 Å². The van der Waals surface area contributed by atoms with Gasteiger partial charge in [0.15, 0.2) is 0 Å². The van der Waals surface area contributed by atoms with Crippen LogP contribution in [0, 0.1) is 0 Å². The Morgan fingerprint density at radius 1 is 1.16 bits per heavy atom. The zero-order valence-corrected chi connectivity index (χ0v) is 12.4. The van der Waals surface area contributed by atoms with Crippen molar-refractivity contribution in [2.24, 2.45) is 0 Å². The molecule has 6 heteroatoms. The van der Waals surface area contributed by atoms with Gasteiger partial charge in [-0.3, -0.25) is 0 Å². The maximum absolute atomic E-state index is 6.07. The number of pyridine rings is 1. The molecule has 100 valence electrons. The second-order valence-electron chi connectivity index (χ2n) is 3.80. The van der Waals surface area contributed by atoms with Crippen molar-refractivity contribution in [3.8, 4) is 11.6 Å². The van der Waals surface area contributed by atoms with Crippen LogP contribution < -0.4 is 10.1 Å². The predicted octanol–water partition coefficient (Wildman–Crippen LogP) is 4.55. The smallest absolute Gasteiger partial charge is 0.223 e. The van der Waals surface area contributed by atoms with Crippen LogP contribution in [0.15, 0.2) is 30.5 Å². The van der Waals surface area contributed by atoms with Gasteiger partial charge >= 0.3 is 0 Å². The van der Waals surface area contributed by atoms with E-state index in [-0.39, 0.29) is 0 Å². The summed E-state index contributed by atoms with van der Waals surface area (Å²) in [5.41, 5.74) is 0.923. The van der Waals surface area contributed by atoms with Crippen molar-refractivity contribution in [2.75, 3.05) is 7.05 Å². The molecule has 0 radical (unpaired) electrons. The van der Waals surface area contributed by atoms with Crippen molar-refractivity contribution < 1.29 is 4.74 Å². The molecule has 0 aliphatic carbocycles. The van der Waals surface area contributed by atoms with Gasteiger partial charge in [-0.2, -0.15) is 0 Å². The molecule has 0 aliphatic heterocycles. The molecule has 0 saturated carbocycles. The molecule has 0 unspecified atom stereocenters. The summed E-state index contributed by atoms with van der Waals surface area (Å²) >= 11 is 17.9. The van der Waals surface area contributed by atoms with E-state index in [0.717, 1.165) is 5.56 Å². The summed E-state index contributed by atoms with van der Waals surface area (Å²) in [6, 6.07) is 6.88. The summed E-state index contributed by atoms with van der Waals surface area (Å²) in [5, 5.41) is 4.20. The highest BCUT2D eigenvalue weighted by molar-refractivity contribution is 6.43. The maximum Gasteiger partial charge on any atom is 0.223 e. The van der Waals surface area contributed by atoms with E-state index in [2.05, 4.69) is 10.3 Å². The highest BCUT2D eigenvalue weighted by atomic mass is 35.5. The summed E-state index contributed by atoms with van der Waals surface area (Å²) < 4.78 is 5.70. The van der Waals surface area contributed by atoms with E-state index in [1.807, 2.05) is 19.2 Å². The quantitative estimate of drug-likeness (QED) is 0.840. The number of hydrogen-bond donors (Lipinski definition) is 1. The average Bonchev–Trinajstić information content (AvgIpc) is 2.38. The van der Waals surface area contributed by atoms with Crippen LogP contribution >= 0.6 is 34.8 Å². The minimum atomic E-state index is 0.382. The van der Waals surface area contributed by atoms with Crippen LogP contribution in [0.25, 0.3) is 0 Å². The van der Waals surface area contributed by atoms with E-state index in [4.69, 9.17) is 39.5 Å². The van der Waals surface area contributed by atoms with E-state index in [1.54, 1.807) is 18.3 Å². The lowest BCUT2D eigenvalue weighted by Crippen LogP contribution is -2.07. The number of nitrogens with one attached hydrogen (secondary N) is 1. The zero-order chi connectivity index (χ0) is 13.8. The van der Waals surface area contributed by atoms with Crippen LogP contribution in [-0.2, 0) is 6.54 Å². The lowest BCUT2D eigenvalue weighted by atomic mass is 10.2. The number of rotatable bonds is 4. The van der Waals surface area contributed by atoms with Crippen LogP contribution in [0.2, 0.25) is 15.1 Å². The summed E-state index contributed by atoms with van der Waals surface area (Å²) in [6.45, 7) is 0.641. The van der Waals surface area contributed by atoms with Crippen molar-refractivity contribution in [1.29, 1.82) is 0 Å². The Morgan fingerprint density at radius 3 is 2.63 bits per heavy atom. The lowest BCUT2D eigenvalue weighted by molar-refractivity contribution is 0.454. The first-order valence-corrected chi connectivity index (χ1v) is 6.66. The SMILES string of the molecule is CNCc1cccnc1Oc1cc(Cl)c(Cl)cc1Cl. The molecule has 0 spiro atoms. The fourth-order valence-electron chi connectivity index (χ4n) is 1.53. The second kappa shape index (κ2) is 6.44. The maximum atomic E-state index is 6.07. The molecular formula is C13H11Cl3N2O. The molecule has 2 aromatic rings. The third-order valence-corrected chi connectivity index (χ3v) is 3.42. The van der Waals surface area contributed by atoms with Gasteiger partial charge in [0.2, 0.25) is 5.88 Å². The number of ether oxygens (including phenoxy) is 1. The number of hydrogen-bond acceptors (Lipinski definition) is 3. The van der Waals surface area contributed by atoms with Crippen LogP contribution in [-0.4, -0.2) is 12.0 Å². The van der Waals surface area contributed by atoms with Gasteiger partial charge in [0.05, 0.1) is 15.1 Å². The summed E-state index contributed by atoms with van der Waals surface area (Å²) in [5.74, 6) is 0.907. The highest BCUT2D eigenvalue weighted by Gasteiger charge is 2.11. The summed E-state index contributed by atoms with van der Waals surface area (Å²) in [6.07, 6.45) is 1.65. The van der Waals surface area contributed by atoms with Crippen molar-refractivity contribution >= 4 is 34.8 Å². The second-order valence-corrected chi connectivity index (χ2v) is 5.02. The third kappa shape index (κ3) is 3.51. The van der Waals surface area contributed by atoms with Gasteiger partial charge in [0, 0.05) is 24.4 Å². The molecule has 0 bridgehead atoms.